The van der Waals surface area contributed by atoms with Gasteiger partial charge in [0.2, 0.25) is 5.75 Å². The number of nitrogens with one attached hydrogen (secondary N) is 1. The van der Waals surface area contributed by atoms with Crippen molar-refractivity contribution in [2.45, 2.75) is 0 Å². The summed E-state index contributed by atoms with van der Waals surface area (Å²) in [6, 6.07) is 10.4. The summed E-state index contributed by atoms with van der Waals surface area (Å²) >= 11 is 6.33. The van der Waals surface area contributed by atoms with E-state index in [0.717, 1.165) is 18.2 Å². The maximum Gasteiger partial charge on any atom is 0.318 e. The highest BCUT2D eigenvalue weighted by atomic mass is 35.5. The van der Waals surface area contributed by atoms with Gasteiger partial charge in [-0.3, -0.25) is 25.0 Å². The minimum atomic E-state index is -0.816. The molecule has 0 bridgehead atoms. The predicted octanol–water partition coefficient (Wildman–Crippen LogP) is 5.29. The Morgan fingerprint density at radius 3 is 2.36 bits per heavy atom. The zero-order valence-corrected chi connectivity index (χ0v) is 21.3. The summed E-state index contributed by atoms with van der Waals surface area (Å²) in [6.07, 6.45) is 2.87. The first-order valence-electron chi connectivity index (χ1n) is 10.9. The number of hydrogen-bond donors (Lipinski definition) is 1. The fraction of sp³-hybridized carbons (Fsp3) is 0.120. The highest BCUT2D eigenvalue weighted by molar-refractivity contribution is 6.32. The highest BCUT2D eigenvalue weighted by Gasteiger charge is 2.23. The molecule has 14 heteroatoms. The Labute approximate surface area is 226 Å². The van der Waals surface area contributed by atoms with E-state index in [-0.39, 0.29) is 34.4 Å². The third-order valence-corrected chi connectivity index (χ3v) is 5.26. The molecule has 202 valence electrons. The Kier molecular flexibility index (Phi) is 9.38. The van der Waals surface area contributed by atoms with Gasteiger partial charge in [-0.05, 0) is 42.0 Å². The summed E-state index contributed by atoms with van der Waals surface area (Å²) in [5.41, 5.74) is 1.93. The van der Waals surface area contributed by atoms with Crippen LogP contribution in [0.25, 0.3) is 0 Å². The number of halogens is 1. The van der Waals surface area contributed by atoms with E-state index in [0.29, 0.717) is 17.1 Å². The van der Waals surface area contributed by atoms with Gasteiger partial charge in [0.25, 0.3) is 11.6 Å². The van der Waals surface area contributed by atoms with E-state index in [9.17, 15) is 25.0 Å². The van der Waals surface area contributed by atoms with Gasteiger partial charge in [0.1, 0.15) is 6.61 Å². The number of methoxy groups -OCH3 is 2. The van der Waals surface area contributed by atoms with Crippen molar-refractivity contribution in [1.82, 2.24) is 5.43 Å². The molecule has 0 radical (unpaired) electrons. The van der Waals surface area contributed by atoms with Crippen LogP contribution in [0.3, 0.4) is 0 Å². The van der Waals surface area contributed by atoms with Gasteiger partial charge in [-0.2, -0.15) is 5.10 Å². The van der Waals surface area contributed by atoms with E-state index < -0.39 is 27.1 Å². The van der Waals surface area contributed by atoms with Crippen molar-refractivity contribution >= 4 is 35.1 Å². The van der Waals surface area contributed by atoms with Crippen molar-refractivity contribution in [2.75, 3.05) is 20.8 Å². The Bertz CT molecular complexity index is 1460. The Hall–Kier alpha value is -5.17. The number of hydrazone groups is 1. The van der Waals surface area contributed by atoms with Crippen molar-refractivity contribution in [3.63, 3.8) is 0 Å². The number of ether oxygens (including phenoxy) is 4. The number of carbonyl (C=O) groups is 1. The number of benzene rings is 3. The molecule has 0 heterocycles. The molecule has 0 aliphatic rings. The zero-order valence-electron chi connectivity index (χ0n) is 20.6. The first-order chi connectivity index (χ1) is 18.7. The van der Waals surface area contributed by atoms with Crippen LogP contribution in [0, 0.1) is 20.2 Å². The zero-order chi connectivity index (χ0) is 28.5. The molecule has 13 nitrogen and oxygen atoms in total. The van der Waals surface area contributed by atoms with Gasteiger partial charge in [0.15, 0.2) is 23.0 Å². The van der Waals surface area contributed by atoms with Crippen LogP contribution in [0.1, 0.15) is 15.9 Å². The second-order valence-corrected chi connectivity index (χ2v) is 7.87. The van der Waals surface area contributed by atoms with Crippen LogP contribution in [0.2, 0.25) is 5.02 Å². The average Bonchev–Trinajstić information content (AvgIpc) is 2.92. The van der Waals surface area contributed by atoms with Gasteiger partial charge >= 0.3 is 5.69 Å². The number of amides is 1. The molecule has 0 aliphatic heterocycles. The van der Waals surface area contributed by atoms with E-state index >= 15 is 0 Å². The maximum absolute atomic E-state index is 12.5. The van der Waals surface area contributed by atoms with Gasteiger partial charge in [-0.25, -0.2) is 5.43 Å². The number of non-ortho nitro benzene ring substituents is 1. The molecule has 0 aromatic heterocycles. The number of rotatable bonds is 12. The second kappa shape index (κ2) is 12.9. The molecule has 3 rings (SSSR count). The molecule has 3 aromatic carbocycles. The molecule has 39 heavy (non-hydrogen) atoms. The monoisotopic (exact) mass is 556 g/mol. The molecule has 0 spiro atoms. The summed E-state index contributed by atoms with van der Waals surface area (Å²) in [5.74, 6) is 0.0134. The van der Waals surface area contributed by atoms with Gasteiger partial charge in [-0.1, -0.05) is 24.3 Å². The van der Waals surface area contributed by atoms with Crippen LogP contribution in [0.5, 0.6) is 28.7 Å². The maximum atomic E-state index is 12.5. The van der Waals surface area contributed by atoms with Gasteiger partial charge in [-0.15, -0.1) is 0 Å². The number of nitrogens with zero attached hydrogens (tertiary/aromatic N) is 3. The Balaban J connectivity index is 1.79. The number of nitro groups is 2. The summed E-state index contributed by atoms with van der Waals surface area (Å²) in [5, 5.41) is 26.3. The lowest BCUT2D eigenvalue weighted by atomic mass is 10.2. The van der Waals surface area contributed by atoms with Crippen molar-refractivity contribution in [3.8, 4) is 28.7 Å². The van der Waals surface area contributed by atoms with Crippen molar-refractivity contribution in [1.29, 1.82) is 0 Å². The van der Waals surface area contributed by atoms with E-state index in [4.69, 9.17) is 30.5 Å². The van der Waals surface area contributed by atoms with Crippen LogP contribution in [-0.2, 0) is 0 Å². The van der Waals surface area contributed by atoms with Crippen LogP contribution < -0.4 is 24.4 Å². The number of nitro benzene ring substituents is 2. The number of hydrogen-bond acceptors (Lipinski definition) is 10. The van der Waals surface area contributed by atoms with Gasteiger partial charge in [0, 0.05) is 11.6 Å². The minimum absolute atomic E-state index is 0.00498. The fourth-order valence-corrected chi connectivity index (χ4v) is 3.44. The normalized spacial score (nSPS) is 10.5. The molecule has 0 unspecified atom stereocenters. The van der Waals surface area contributed by atoms with Crippen LogP contribution in [-0.4, -0.2) is 42.8 Å². The summed E-state index contributed by atoms with van der Waals surface area (Å²) in [4.78, 5) is 33.3. The smallest absolute Gasteiger partial charge is 0.318 e. The Morgan fingerprint density at radius 2 is 1.72 bits per heavy atom. The SMILES string of the molecule is C=CCOc1ccc(C(=O)N/N=C/c2cc(Cl)c(Oc3ccc([N+](=O)[O-])cc3[N+](=O)[O-])c(OC)c2)cc1OC. The quantitative estimate of drug-likeness (QED) is 0.135. The fourth-order valence-electron chi connectivity index (χ4n) is 3.18. The van der Waals surface area contributed by atoms with Crippen molar-refractivity contribution in [2.24, 2.45) is 5.10 Å². The second-order valence-electron chi connectivity index (χ2n) is 7.47. The highest BCUT2D eigenvalue weighted by Crippen LogP contribution is 2.42. The molecule has 0 atom stereocenters. The predicted molar refractivity (Wildman–Crippen MR) is 142 cm³/mol. The van der Waals surface area contributed by atoms with Gasteiger partial charge < -0.3 is 18.9 Å². The van der Waals surface area contributed by atoms with Crippen molar-refractivity contribution < 1.29 is 33.6 Å². The standard InChI is InChI=1S/C25H21ClN4O9/c1-4-9-38-21-7-5-16(12-22(21)36-2)25(31)28-27-14-15-10-18(26)24(23(11-15)37-3)39-20-8-6-17(29(32)33)13-19(20)30(34)35/h4-8,10-14H,1,9H2,2-3H3,(H,28,31)/b27-14+. The number of carbonyl (C=O) groups excluding carboxylic acids is 1. The molecule has 0 aliphatic carbocycles. The molecule has 1 amide bonds. The molecule has 0 saturated heterocycles. The summed E-state index contributed by atoms with van der Waals surface area (Å²) in [6.45, 7) is 3.85. The lowest BCUT2D eigenvalue weighted by Crippen LogP contribution is -2.17. The van der Waals surface area contributed by atoms with E-state index in [1.54, 1.807) is 12.1 Å². The molecule has 0 saturated carbocycles. The lowest BCUT2D eigenvalue weighted by molar-refractivity contribution is -0.394. The average molecular weight is 557 g/mol. The molecular formula is C25H21ClN4O9. The van der Waals surface area contributed by atoms with Gasteiger partial charge in [0.05, 0.1) is 41.4 Å². The first-order valence-corrected chi connectivity index (χ1v) is 11.3. The largest absolute Gasteiger partial charge is 0.493 e. The summed E-state index contributed by atoms with van der Waals surface area (Å²) in [7, 11) is 2.77. The third-order valence-electron chi connectivity index (χ3n) is 4.98. The lowest BCUT2D eigenvalue weighted by Gasteiger charge is -2.13. The van der Waals surface area contributed by atoms with Crippen LogP contribution in [0.4, 0.5) is 11.4 Å². The molecule has 1 N–H and O–H groups in total. The topological polar surface area (TPSA) is 165 Å². The van der Waals surface area contributed by atoms with Crippen molar-refractivity contribution in [3.05, 3.63) is 97.6 Å². The molecule has 3 aromatic rings. The van der Waals surface area contributed by atoms with E-state index in [2.05, 4.69) is 17.1 Å². The third kappa shape index (κ3) is 6.99. The summed E-state index contributed by atoms with van der Waals surface area (Å²) < 4.78 is 21.6. The van der Waals surface area contributed by atoms with Crippen LogP contribution >= 0.6 is 11.6 Å². The van der Waals surface area contributed by atoms with E-state index in [1.165, 1.54) is 44.7 Å². The Morgan fingerprint density at radius 1 is 1.00 bits per heavy atom. The first kappa shape index (κ1) is 28.4. The van der Waals surface area contributed by atoms with E-state index in [1.807, 2.05) is 0 Å². The molecular weight excluding hydrogens is 536 g/mol. The van der Waals surface area contributed by atoms with Crippen LogP contribution in [0.15, 0.2) is 66.3 Å². The minimum Gasteiger partial charge on any atom is -0.493 e. The molecule has 0 fully saturated rings.